The zero-order chi connectivity index (χ0) is 14.7. The van der Waals surface area contributed by atoms with Crippen molar-refractivity contribution < 1.29 is 4.79 Å². The molecule has 3 aromatic carbocycles. The summed E-state index contributed by atoms with van der Waals surface area (Å²) >= 11 is 0. The van der Waals surface area contributed by atoms with Crippen LogP contribution in [0.15, 0.2) is 78.9 Å². The van der Waals surface area contributed by atoms with E-state index in [1.807, 2.05) is 54.6 Å². The lowest BCUT2D eigenvalue weighted by molar-refractivity contribution is 0.101. The average molecular weight is 272 g/mol. The van der Waals surface area contributed by atoms with Crippen LogP contribution in [0, 0.1) is 0 Å². The number of ketones is 1. The fourth-order valence-electron chi connectivity index (χ4n) is 2.51. The molecule has 0 fully saturated rings. The molecule has 21 heavy (non-hydrogen) atoms. The van der Waals surface area contributed by atoms with Crippen LogP contribution in [0.5, 0.6) is 0 Å². The fraction of sp³-hybridized carbons (Fsp3) is 0.0500. The average Bonchev–Trinajstić information content (AvgIpc) is 2.56. The monoisotopic (exact) mass is 272 g/mol. The molecule has 0 unspecified atom stereocenters. The van der Waals surface area contributed by atoms with Gasteiger partial charge in [0.1, 0.15) is 0 Å². The molecule has 0 aliphatic rings. The van der Waals surface area contributed by atoms with Crippen LogP contribution in [-0.4, -0.2) is 5.78 Å². The highest BCUT2D eigenvalue weighted by molar-refractivity contribution is 5.96. The Bertz CT molecular complexity index is 773. The molecule has 0 saturated heterocycles. The Balaban J connectivity index is 2.16. The predicted molar refractivity (Wildman–Crippen MR) is 87.3 cm³/mol. The van der Waals surface area contributed by atoms with Gasteiger partial charge in [-0.15, -0.1) is 0 Å². The van der Waals surface area contributed by atoms with Crippen molar-refractivity contribution in [1.29, 1.82) is 0 Å². The number of benzene rings is 3. The van der Waals surface area contributed by atoms with Crippen molar-refractivity contribution in [2.75, 3.05) is 0 Å². The number of carbonyl (C=O) groups excluding carboxylic acids is 1. The van der Waals surface area contributed by atoms with E-state index in [0.717, 1.165) is 16.7 Å². The molecule has 0 bridgehead atoms. The van der Waals surface area contributed by atoms with Crippen LogP contribution < -0.4 is 0 Å². The van der Waals surface area contributed by atoms with Gasteiger partial charge in [-0.05, 0) is 35.2 Å². The molecule has 0 N–H and O–H groups in total. The Kier molecular flexibility index (Phi) is 3.65. The summed E-state index contributed by atoms with van der Waals surface area (Å²) in [5.41, 5.74) is 5.32. The van der Waals surface area contributed by atoms with Crippen molar-refractivity contribution in [3.05, 3.63) is 84.4 Å². The summed E-state index contributed by atoms with van der Waals surface area (Å²) < 4.78 is 0. The van der Waals surface area contributed by atoms with Crippen LogP contribution in [0.1, 0.15) is 17.3 Å². The van der Waals surface area contributed by atoms with Crippen LogP contribution in [0.25, 0.3) is 22.3 Å². The topological polar surface area (TPSA) is 17.1 Å². The van der Waals surface area contributed by atoms with E-state index in [2.05, 4.69) is 24.3 Å². The Hall–Kier alpha value is -2.67. The Morgan fingerprint density at radius 3 is 1.90 bits per heavy atom. The molecule has 0 saturated carbocycles. The van der Waals surface area contributed by atoms with E-state index in [0.29, 0.717) is 0 Å². The second-order valence-corrected chi connectivity index (χ2v) is 5.05. The number of rotatable bonds is 3. The Labute approximate surface area is 124 Å². The molecular weight excluding hydrogens is 256 g/mol. The molecule has 0 aliphatic carbocycles. The SMILES string of the molecule is CC(=O)c1cccc(-c2ccccc2-c2ccccc2)c1. The molecule has 0 amide bonds. The Morgan fingerprint density at radius 2 is 1.24 bits per heavy atom. The summed E-state index contributed by atoms with van der Waals surface area (Å²) in [5, 5.41) is 0. The summed E-state index contributed by atoms with van der Waals surface area (Å²) in [4.78, 5) is 11.6. The van der Waals surface area contributed by atoms with E-state index < -0.39 is 0 Å². The fourth-order valence-corrected chi connectivity index (χ4v) is 2.51. The van der Waals surface area contributed by atoms with E-state index in [4.69, 9.17) is 0 Å². The molecule has 102 valence electrons. The lowest BCUT2D eigenvalue weighted by Crippen LogP contribution is -1.92. The van der Waals surface area contributed by atoms with Crippen molar-refractivity contribution in [2.45, 2.75) is 6.92 Å². The summed E-state index contributed by atoms with van der Waals surface area (Å²) in [6.45, 7) is 1.60. The normalized spacial score (nSPS) is 10.3. The van der Waals surface area contributed by atoms with Gasteiger partial charge < -0.3 is 0 Å². The molecule has 0 spiro atoms. The molecule has 0 aliphatic heterocycles. The summed E-state index contributed by atoms with van der Waals surface area (Å²) in [6, 6.07) is 26.4. The van der Waals surface area contributed by atoms with Gasteiger partial charge in [0.05, 0.1) is 0 Å². The van der Waals surface area contributed by atoms with Gasteiger partial charge in [-0.3, -0.25) is 4.79 Å². The van der Waals surface area contributed by atoms with Gasteiger partial charge in [0.15, 0.2) is 5.78 Å². The minimum absolute atomic E-state index is 0.0917. The second kappa shape index (κ2) is 5.76. The number of hydrogen-bond donors (Lipinski definition) is 0. The van der Waals surface area contributed by atoms with Gasteiger partial charge >= 0.3 is 0 Å². The quantitative estimate of drug-likeness (QED) is 0.597. The van der Waals surface area contributed by atoms with Gasteiger partial charge in [0.25, 0.3) is 0 Å². The maximum absolute atomic E-state index is 11.6. The molecule has 0 atom stereocenters. The highest BCUT2D eigenvalue weighted by Crippen LogP contribution is 2.32. The lowest BCUT2D eigenvalue weighted by Gasteiger charge is -2.10. The van der Waals surface area contributed by atoms with Crippen LogP contribution in [0.2, 0.25) is 0 Å². The summed E-state index contributed by atoms with van der Waals surface area (Å²) in [5.74, 6) is 0.0917. The summed E-state index contributed by atoms with van der Waals surface area (Å²) in [6.07, 6.45) is 0. The Morgan fingerprint density at radius 1 is 0.667 bits per heavy atom. The first-order valence-corrected chi connectivity index (χ1v) is 7.01. The highest BCUT2D eigenvalue weighted by atomic mass is 16.1. The molecule has 3 rings (SSSR count). The first-order valence-electron chi connectivity index (χ1n) is 7.01. The first kappa shape index (κ1) is 13.3. The smallest absolute Gasteiger partial charge is 0.159 e. The van der Waals surface area contributed by atoms with Crippen molar-refractivity contribution >= 4 is 5.78 Å². The number of carbonyl (C=O) groups is 1. The standard InChI is InChI=1S/C20H16O/c1-15(21)17-10-7-11-18(14-17)20-13-6-5-12-19(20)16-8-3-2-4-9-16/h2-14H,1H3. The predicted octanol–water partition coefficient (Wildman–Crippen LogP) is 5.22. The van der Waals surface area contributed by atoms with Gasteiger partial charge in [0, 0.05) is 5.56 Å². The maximum atomic E-state index is 11.6. The van der Waals surface area contributed by atoms with Gasteiger partial charge in [-0.25, -0.2) is 0 Å². The van der Waals surface area contributed by atoms with E-state index in [1.165, 1.54) is 11.1 Å². The van der Waals surface area contributed by atoms with Crippen LogP contribution in [-0.2, 0) is 0 Å². The zero-order valence-corrected chi connectivity index (χ0v) is 11.9. The molecule has 0 aromatic heterocycles. The lowest BCUT2D eigenvalue weighted by atomic mass is 9.93. The van der Waals surface area contributed by atoms with Crippen molar-refractivity contribution in [1.82, 2.24) is 0 Å². The molecule has 1 nitrogen and oxygen atoms in total. The third-order valence-corrected chi connectivity index (χ3v) is 3.59. The third kappa shape index (κ3) is 2.77. The van der Waals surface area contributed by atoms with E-state index in [-0.39, 0.29) is 5.78 Å². The molecule has 3 aromatic rings. The van der Waals surface area contributed by atoms with E-state index in [1.54, 1.807) is 6.92 Å². The highest BCUT2D eigenvalue weighted by Gasteiger charge is 2.08. The maximum Gasteiger partial charge on any atom is 0.159 e. The van der Waals surface area contributed by atoms with Crippen LogP contribution in [0.4, 0.5) is 0 Å². The number of Topliss-reactive ketones (excluding diaryl/α,β-unsaturated/α-hetero) is 1. The van der Waals surface area contributed by atoms with Gasteiger partial charge in [-0.2, -0.15) is 0 Å². The van der Waals surface area contributed by atoms with Crippen molar-refractivity contribution in [3.63, 3.8) is 0 Å². The molecule has 0 radical (unpaired) electrons. The zero-order valence-electron chi connectivity index (χ0n) is 11.9. The minimum atomic E-state index is 0.0917. The van der Waals surface area contributed by atoms with Crippen LogP contribution >= 0.6 is 0 Å². The first-order chi connectivity index (χ1) is 10.3. The summed E-state index contributed by atoms with van der Waals surface area (Å²) in [7, 11) is 0. The third-order valence-electron chi connectivity index (χ3n) is 3.59. The minimum Gasteiger partial charge on any atom is -0.295 e. The van der Waals surface area contributed by atoms with Gasteiger partial charge in [-0.1, -0.05) is 72.8 Å². The van der Waals surface area contributed by atoms with E-state index in [9.17, 15) is 4.79 Å². The van der Waals surface area contributed by atoms with Crippen LogP contribution in [0.3, 0.4) is 0 Å². The molecule has 0 heterocycles. The largest absolute Gasteiger partial charge is 0.295 e. The van der Waals surface area contributed by atoms with Crippen molar-refractivity contribution in [2.24, 2.45) is 0 Å². The molecule has 1 heteroatoms. The van der Waals surface area contributed by atoms with Gasteiger partial charge in [0.2, 0.25) is 0 Å². The van der Waals surface area contributed by atoms with Crippen molar-refractivity contribution in [3.8, 4) is 22.3 Å². The number of hydrogen-bond acceptors (Lipinski definition) is 1. The molecular formula is C20H16O. The van der Waals surface area contributed by atoms with E-state index >= 15 is 0 Å². The second-order valence-electron chi connectivity index (χ2n) is 5.05.